The van der Waals surface area contributed by atoms with E-state index < -0.39 is 11.0 Å². The van der Waals surface area contributed by atoms with Crippen LogP contribution in [0.1, 0.15) is 32.1 Å². The lowest BCUT2D eigenvalue weighted by Gasteiger charge is -2.22. The largest absolute Gasteiger partial charge is 0.391 e. The highest BCUT2D eigenvalue weighted by Gasteiger charge is 2.25. The van der Waals surface area contributed by atoms with Gasteiger partial charge in [0.15, 0.2) is 0 Å². The molecule has 0 saturated heterocycles. The minimum Gasteiger partial charge on any atom is -0.391 e. The van der Waals surface area contributed by atoms with Gasteiger partial charge in [-0.2, -0.15) is 4.98 Å². The van der Waals surface area contributed by atoms with E-state index in [1.165, 1.54) is 6.20 Å². The number of nitro groups is 1. The molecule has 1 aromatic heterocycles. The number of aromatic nitrogens is 2. The Morgan fingerprint density at radius 3 is 2.85 bits per heavy atom. The molecule has 2 unspecified atom stereocenters. The van der Waals surface area contributed by atoms with Crippen LogP contribution in [0.3, 0.4) is 0 Å². The summed E-state index contributed by atoms with van der Waals surface area (Å²) >= 11 is 0. The fourth-order valence-corrected chi connectivity index (χ4v) is 2.37. The number of aliphatic hydroxyl groups is 1. The molecule has 1 fully saturated rings. The van der Waals surface area contributed by atoms with Crippen LogP contribution in [0, 0.1) is 10.1 Å². The zero-order valence-corrected chi connectivity index (χ0v) is 11.4. The number of rotatable bonds is 4. The molecule has 8 heteroatoms. The van der Waals surface area contributed by atoms with E-state index in [0.717, 1.165) is 25.7 Å². The Bertz CT molecular complexity index is 482. The fraction of sp³-hybridized carbons (Fsp3) is 0.667. The molecule has 8 nitrogen and oxygen atoms in total. The first kappa shape index (κ1) is 14.4. The van der Waals surface area contributed by atoms with Crippen molar-refractivity contribution in [2.45, 2.75) is 44.2 Å². The van der Waals surface area contributed by atoms with Crippen LogP contribution in [0.15, 0.2) is 6.20 Å². The van der Waals surface area contributed by atoms with Crippen LogP contribution >= 0.6 is 0 Å². The van der Waals surface area contributed by atoms with Crippen LogP contribution in [0.25, 0.3) is 0 Å². The molecule has 0 aliphatic heterocycles. The van der Waals surface area contributed by atoms with Crippen molar-refractivity contribution in [2.75, 3.05) is 17.7 Å². The van der Waals surface area contributed by atoms with E-state index in [0.29, 0.717) is 12.4 Å². The highest BCUT2D eigenvalue weighted by atomic mass is 16.6. The maximum atomic E-state index is 11.0. The monoisotopic (exact) mass is 281 g/mol. The number of nitrogens with one attached hydrogen (secondary N) is 2. The van der Waals surface area contributed by atoms with Gasteiger partial charge in [-0.15, -0.1) is 0 Å². The second-order valence-corrected chi connectivity index (χ2v) is 4.89. The Morgan fingerprint density at radius 2 is 2.15 bits per heavy atom. The second kappa shape index (κ2) is 6.47. The van der Waals surface area contributed by atoms with Gasteiger partial charge in [0.2, 0.25) is 11.8 Å². The SMILES string of the molecule is CNc1ncc([N+](=O)[O-])c(NC2CCCCCC2O)n1. The molecule has 0 radical (unpaired) electrons. The predicted molar refractivity (Wildman–Crippen MR) is 74.7 cm³/mol. The van der Waals surface area contributed by atoms with Gasteiger partial charge in [0.05, 0.1) is 17.1 Å². The quantitative estimate of drug-likeness (QED) is 0.435. The molecule has 0 bridgehead atoms. The van der Waals surface area contributed by atoms with Gasteiger partial charge in [-0.25, -0.2) is 4.98 Å². The number of aliphatic hydroxyl groups excluding tert-OH is 1. The lowest BCUT2D eigenvalue weighted by molar-refractivity contribution is -0.384. The number of nitrogens with zero attached hydrogens (tertiary/aromatic N) is 3. The summed E-state index contributed by atoms with van der Waals surface area (Å²) in [6.07, 6.45) is 5.18. The third kappa shape index (κ3) is 3.32. The van der Waals surface area contributed by atoms with E-state index in [9.17, 15) is 15.2 Å². The zero-order chi connectivity index (χ0) is 14.5. The molecule has 2 atom stereocenters. The summed E-state index contributed by atoms with van der Waals surface area (Å²) in [5.41, 5.74) is -0.180. The van der Waals surface area contributed by atoms with Crippen molar-refractivity contribution in [3.63, 3.8) is 0 Å². The molecule has 2 rings (SSSR count). The van der Waals surface area contributed by atoms with E-state index in [4.69, 9.17) is 0 Å². The van der Waals surface area contributed by atoms with Crippen LogP contribution in [0.5, 0.6) is 0 Å². The number of anilines is 2. The summed E-state index contributed by atoms with van der Waals surface area (Å²) in [5.74, 6) is 0.460. The van der Waals surface area contributed by atoms with Crippen molar-refractivity contribution in [3.8, 4) is 0 Å². The lowest BCUT2D eigenvalue weighted by atomic mass is 10.1. The van der Waals surface area contributed by atoms with Gasteiger partial charge in [-0.1, -0.05) is 19.3 Å². The Kier molecular flexibility index (Phi) is 4.67. The summed E-state index contributed by atoms with van der Waals surface area (Å²) in [5, 5.41) is 26.8. The van der Waals surface area contributed by atoms with Crippen LogP contribution in [0.2, 0.25) is 0 Å². The third-order valence-corrected chi connectivity index (χ3v) is 3.49. The zero-order valence-electron chi connectivity index (χ0n) is 11.4. The fourth-order valence-electron chi connectivity index (χ4n) is 2.37. The standard InChI is InChI=1S/C12H19N5O3/c1-13-12-14-7-9(17(19)20)11(16-12)15-8-5-3-2-4-6-10(8)18/h7-8,10,18H,2-6H2,1H3,(H2,13,14,15,16). The van der Waals surface area contributed by atoms with E-state index >= 15 is 0 Å². The summed E-state index contributed by atoms with van der Waals surface area (Å²) in [6.45, 7) is 0. The van der Waals surface area contributed by atoms with Crippen molar-refractivity contribution in [1.82, 2.24) is 9.97 Å². The van der Waals surface area contributed by atoms with E-state index in [1.54, 1.807) is 7.05 Å². The molecule has 1 aliphatic rings. The highest BCUT2D eigenvalue weighted by Crippen LogP contribution is 2.26. The van der Waals surface area contributed by atoms with Gasteiger partial charge in [0.25, 0.3) is 0 Å². The van der Waals surface area contributed by atoms with E-state index in [2.05, 4.69) is 20.6 Å². The van der Waals surface area contributed by atoms with E-state index in [1.807, 2.05) is 0 Å². The smallest absolute Gasteiger partial charge is 0.329 e. The van der Waals surface area contributed by atoms with Crippen molar-refractivity contribution in [2.24, 2.45) is 0 Å². The molecule has 0 aromatic carbocycles. The first-order valence-corrected chi connectivity index (χ1v) is 6.75. The average Bonchev–Trinajstić information content (AvgIpc) is 2.64. The molecule has 3 N–H and O–H groups in total. The van der Waals surface area contributed by atoms with Gasteiger partial charge in [0, 0.05) is 7.05 Å². The molecule has 0 amide bonds. The van der Waals surface area contributed by atoms with Gasteiger partial charge >= 0.3 is 5.69 Å². The molecule has 0 spiro atoms. The Morgan fingerprint density at radius 1 is 1.40 bits per heavy atom. The van der Waals surface area contributed by atoms with Gasteiger partial charge in [-0.05, 0) is 12.8 Å². The first-order chi connectivity index (χ1) is 9.61. The molecule has 1 aliphatic carbocycles. The molecular formula is C12H19N5O3. The Labute approximate surface area is 116 Å². The normalized spacial score (nSPS) is 22.9. The molecule has 1 heterocycles. The van der Waals surface area contributed by atoms with Crippen molar-refractivity contribution < 1.29 is 10.0 Å². The maximum Gasteiger partial charge on any atom is 0.329 e. The highest BCUT2D eigenvalue weighted by molar-refractivity contribution is 5.57. The summed E-state index contributed by atoms with van der Waals surface area (Å²) in [6, 6.07) is -0.212. The number of hydrogen-bond acceptors (Lipinski definition) is 7. The Hall–Kier alpha value is -1.96. The van der Waals surface area contributed by atoms with Crippen LogP contribution < -0.4 is 10.6 Å². The molecule has 1 saturated carbocycles. The van der Waals surface area contributed by atoms with Crippen LogP contribution in [-0.4, -0.2) is 39.2 Å². The summed E-state index contributed by atoms with van der Waals surface area (Å²) in [7, 11) is 1.64. The Balaban J connectivity index is 2.23. The average molecular weight is 281 g/mol. The third-order valence-electron chi connectivity index (χ3n) is 3.49. The minimum atomic E-state index is -0.523. The molecule has 110 valence electrons. The van der Waals surface area contributed by atoms with Crippen molar-refractivity contribution in [1.29, 1.82) is 0 Å². The van der Waals surface area contributed by atoms with Gasteiger partial charge in [-0.3, -0.25) is 10.1 Å². The van der Waals surface area contributed by atoms with Crippen LogP contribution in [-0.2, 0) is 0 Å². The van der Waals surface area contributed by atoms with Gasteiger partial charge in [0.1, 0.15) is 6.20 Å². The van der Waals surface area contributed by atoms with Crippen molar-refractivity contribution >= 4 is 17.5 Å². The molecule has 20 heavy (non-hydrogen) atoms. The van der Waals surface area contributed by atoms with Gasteiger partial charge < -0.3 is 15.7 Å². The lowest BCUT2D eigenvalue weighted by Crippen LogP contribution is -2.33. The first-order valence-electron chi connectivity index (χ1n) is 6.75. The molecular weight excluding hydrogens is 262 g/mol. The maximum absolute atomic E-state index is 11.0. The minimum absolute atomic E-state index is 0.153. The summed E-state index contributed by atoms with van der Waals surface area (Å²) in [4.78, 5) is 18.4. The number of hydrogen-bond donors (Lipinski definition) is 3. The molecule has 1 aromatic rings. The van der Waals surface area contributed by atoms with Crippen molar-refractivity contribution in [3.05, 3.63) is 16.3 Å². The second-order valence-electron chi connectivity index (χ2n) is 4.89. The van der Waals surface area contributed by atoms with Crippen LogP contribution in [0.4, 0.5) is 17.5 Å². The topological polar surface area (TPSA) is 113 Å². The summed E-state index contributed by atoms with van der Waals surface area (Å²) < 4.78 is 0. The van der Waals surface area contributed by atoms with E-state index in [-0.39, 0.29) is 17.5 Å². The predicted octanol–water partition coefficient (Wildman–Crippen LogP) is 1.53.